The lowest BCUT2D eigenvalue weighted by atomic mass is 10.0. The van der Waals surface area contributed by atoms with Crippen molar-refractivity contribution >= 4 is 26.7 Å². The number of hydrogen-bond acceptors (Lipinski definition) is 4. The van der Waals surface area contributed by atoms with E-state index < -0.39 is 21.2 Å². The van der Waals surface area contributed by atoms with Gasteiger partial charge >= 0.3 is 0 Å². The molecule has 0 unspecified atom stereocenters. The summed E-state index contributed by atoms with van der Waals surface area (Å²) in [4.78, 5) is 17.2. The van der Waals surface area contributed by atoms with Crippen molar-refractivity contribution in [2.24, 2.45) is 0 Å². The molecule has 156 valence electrons. The van der Waals surface area contributed by atoms with Crippen LogP contribution in [-0.2, 0) is 16.6 Å². The molecular weight excluding hydrogens is 410 g/mol. The van der Waals surface area contributed by atoms with Crippen molar-refractivity contribution in [2.75, 3.05) is 0 Å². The van der Waals surface area contributed by atoms with Crippen LogP contribution in [0.5, 0.6) is 0 Å². The van der Waals surface area contributed by atoms with Crippen LogP contribution in [0.3, 0.4) is 0 Å². The summed E-state index contributed by atoms with van der Waals surface area (Å²) in [6, 6.07) is 21.4. The van der Waals surface area contributed by atoms with E-state index in [2.05, 4.69) is 15.8 Å². The first-order valence-corrected chi connectivity index (χ1v) is 11.7. The van der Waals surface area contributed by atoms with E-state index in [4.69, 9.17) is 0 Å². The van der Waals surface area contributed by atoms with Gasteiger partial charge in [0.15, 0.2) is 0 Å². The minimum atomic E-state index is -3.64. The van der Waals surface area contributed by atoms with E-state index >= 15 is 0 Å². The lowest BCUT2D eigenvalue weighted by molar-refractivity contribution is 0.0973. The topological polar surface area (TPSA) is 81.1 Å². The van der Waals surface area contributed by atoms with Gasteiger partial charge in [0.2, 0.25) is 10.0 Å². The molecule has 0 bridgehead atoms. The molecule has 7 heteroatoms. The van der Waals surface area contributed by atoms with E-state index in [0.717, 1.165) is 27.6 Å². The van der Waals surface area contributed by atoms with Crippen LogP contribution in [0.15, 0.2) is 79.1 Å². The van der Waals surface area contributed by atoms with E-state index in [1.54, 1.807) is 18.5 Å². The molecule has 1 saturated carbocycles. The first-order valence-electron chi connectivity index (χ1n) is 10.2. The van der Waals surface area contributed by atoms with Crippen LogP contribution < -0.4 is 4.72 Å². The SMILES string of the molecule is O=C(NS(=O)(=O)C1CC1)c1ccc(-c2cccnc2)n1Cc1cccc2ccccc12. The maximum absolute atomic E-state index is 13.0. The third-order valence-electron chi connectivity index (χ3n) is 5.58. The summed E-state index contributed by atoms with van der Waals surface area (Å²) in [5.74, 6) is -0.609. The van der Waals surface area contributed by atoms with Crippen LogP contribution in [0.4, 0.5) is 0 Å². The summed E-state index contributed by atoms with van der Waals surface area (Å²) in [7, 11) is -3.64. The van der Waals surface area contributed by atoms with Crippen molar-refractivity contribution in [3.8, 4) is 11.3 Å². The van der Waals surface area contributed by atoms with E-state index in [-0.39, 0.29) is 0 Å². The van der Waals surface area contributed by atoms with Crippen LogP contribution in [0.1, 0.15) is 28.9 Å². The highest BCUT2D eigenvalue weighted by molar-refractivity contribution is 7.91. The zero-order valence-electron chi connectivity index (χ0n) is 16.7. The molecule has 1 aliphatic carbocycles. The predicted molar refractivity (Wildman–Crippen MR) is 120 cm³/mol. The summed E-state index contributed by atoms with van der Waals surface area (Å²) in [6.07, 6.45) is 4.62. The van der Waals surface area contributed by atoms with Crippen molar-refractivity contribution < 1.29 is 13.2 Å². The van der Waals surface area contributed by atoms with Crippen molar-refractivity contribution in [1.29, 1.82) is 0 Å². The molecule has 6 nitrogen and oxygen atoms in total. The number of carbonyl (C=O) groups excluding carboxylic acids is 1. The Labute approximate surface area is 180 Å². The quantitative estimate of drug-likeness (QED) is 0.501. The van der Waals surface area contributed by atoms with Gasteiger partial charge in [-0.1, -0.05) is 42.5 Å². The van der Waals surface area contributed by atoms with Gasteiger partial charge in [-0.2, -0.15) is 0 Å². The molecule has 0 radical (unpaired) electrons. The average molecular weight is 432 g/mol. The number of fused-ring (bicyclic) bond motifs is 1. The first kappa shape index (κ1) is 19.5. The molecule has 0 saturated heterocycles. The highest BCUT2D eigenvalue weighted by Crippen LogP contribution is 2.29. The number of rotatable bonds is 6. The van der Waals surface area contributed by atoms with Crippen LogP contribution >= 0.6 is 0 Å². The molecule has 1 amide bonds. The van der Waals surface area contributed by atoms with Gasteiger partial charge in [0.25, 0.3) is 5.91 Å². The maximum Gasteiger partial charge on any atom is 0.281 e. The minimum absolute atomic E-state index is 0.302. The van der Waals surface area contributed by atoms with Gasteiger partial charge in [0.1, 0.15) is 5.69 Å². The number of carbonyl (C=O) groups is 1. The fourth-order valence-electron chi connectivity index (χ4n) is 3.85. The second-order valence-corrected chi connectivity index (χ2v) is 9.71. The Kier molecular flexibility index (Phi) is 4.82. The standard InChI is InChI=1S/C24H21N3O3S/c28-24(26-31(29,30)20-10-11-20)23-13-12-22(18-8-4-14-25-15-18)27(23)16-19-7-3-6-17-5-1-2-9-21(17)19/h1-9,12-15,20H,10-11,16H2,(H,26,28). The minimum Gasteiger partial charge on any atom is -0.332 e. The summed E-state index contributed by atoms with van der Waals surface area (Å²) in [5.41, 5.74) is 3.00. The Morgan fingerprint density at radius 3 is 2.58 bits per heavy atom. The Bertz CT molecular complexity index is 1370. The fourth-order valence-corrected chi connectivity index (χ4v) is 5.13. The van der Waals surface area contributed by atoms with Gasteiger partial charge in [-0.05, 0) is 53.4 Å². The van der Waals surface area contributed by atoms with E-state index in [9.17, 15) is 13.2 Å². The van der Waals surface area contributed by atoms with Gasteiger partial charge in [0.05, 0.1) is 10.9 Å². The molecule has 0 atom stereocenters. The van der Waals surface area contributed by atoms with Gasteiger partial charge in [-0.15, -0.1) is 0 Å². The predicted octanol–water partition coefficient (Wildman–Crippen LogP) is 3.97. The highest BCUT2D eigenvalue weighted by atomic mass is 32.2. The number of nitrogens with zero attached hydrogens (tertiary/aromatic N) is 2. The molecule has 2 heterocycles. The van der Waals surface area contributed by atoms with Crippen LogP contribution in [0, 0.1) is 0 Å². The van der Waals surface area contributed by atoms with Crippen LogP contribution in [0.25, 0.3) is 22.0 Å². The van der Waals surface area contributed by atoms with E-state index in [1.807, 2.05) is 59.2 Å². The molecule has 2 aromatic carbocycles. The highest BCUT2D eigenvalue weighted by Gasteiger charge is 2.37. The maximum atomic E-state index is 13.0. The Morgan fingerprint density at radius 1 is 1.00 bits per heavy atom. The number of amides is 1. The lowest BCUT2D eigenvalue weighted by Gasteiger charge is -2.15. The van der Waals surface area contributed by atoms with Crippen molar-refractivity contribution in [1.82, 2.24) is 14.3 Å². The summed E-state index contributed by atoms with van der Waals surface area (Å²) >= 11 is 0. The zero-order chi connectivity index (χ0) is 21.4. The van der Waals surface area contributed by atoms with Gasteiger partial charge in [-0.25, -0.2) is 13.1 Å². The largest absolute Gasteiger partial charge is 0.332 e. The first-order chi connectivity index (χ1) is 15.0. The number of aromatic nitrogens is 2. The normalized spacial score (nSPS) is 13.9. The van der Waals surface area contributed by atoms with Crippen molar-refractivity contribution in [3.63, 3.8) is 0 Å². The number of sulfonamides is 1. The zero-order valence-corrected chi connectivity index (χ0v) is 17.5. The molecule has 31 heavy (non-hydrogen) atoms. The van der Waals surface area contributed by atoms with Gasteiger partial charge < -0.3 is 4.57 Å². The molecule has 0 spiro atoms. The number of pyridine rings is 1. The summed E-state index contributed by atoms with van der Waals surface area (Å²) < 4.78 is 28.8. The monoisotopic (exact) mass is 431 g/mol. The summed E-state index contributed by atoms with van der Waals surface area (Å²) in [6.45, 7) is 0.421. The van der Waals surface area contributed by atoms with E-state index in [1.165, 1.54) is 0 Å². The van der Waals surface area contributed by atoms with Gasteiger partial charge in [0, 0.05) is 24.5 Å². The lowest BCUT2D eigenvalue weighted by Crippen LogP contribution is -2.34. The summed E-state index contributed by atoms with van der Waals surface area (Å²) in [5, 5.41) is 1.74. The molecule has 5 rings (SSSR count). The van der Waals surface area contributed by atoms with Crippen LogP contribution in [-0.4, -0.2) is 29.1 Å². The van der Waals surface area contributed by atoms with Crippen molar-refractivity contribution in [3.05, 3.63) is 90.4 Å². The molecule has 1 aliphatic rings. The van der Waals surface area contributed by atoms with Crippen molar-refractivity contribution in [2.45, 2.75) is 24.6 Å². The fraction of sp³-hybridized carbons (Fsp3) is 0.167. The molecular formula is C24H21N3O3S. The second kappa shape index (κ2) is 7.67. The van der Waals surface area contributed by atoms with E-state index in [0.29, 0.717) is 25.1 Å². The number of hydrogen-bond donors (Lipinski definition) is 1. The second-order valence-electron chi connectivity index (χ2n) is 7.75. The number of nitrogens with one attached hydrogen (secondary N) is 1. The third-order valence-corrected chi connectivity index (χ3v) is 7.40. The third kappa shape index (κ3) is 3.84. The number of benzene rings is 2. The Balaban J connectivity index is 1.59. The molecule has 1 fully saturated rings. The average Bonchev–Trinajstić information content (AvgIpc) is 3.56. The van der Waals surface area contributed by atoms with Gasteiger partial charge in [-0.3, -0.25) is 9.78 Å². The van der Waals surface area contributed by atoms with Crippen LogP contribution in [0.2, 0.25) is 0 Å². The Morgan fingerprint density at radius 2 is 1.81 bits per heavy atom. The molecule has 0 aliphatic heterocycles. The molecule has 2 aromatic heterocycles. The molecule has 4 aromatic rings. The Hall–Kier alpha value is -3.45. The molecule has 1 N–H and O–H groups in total. The smallest absolute Gasteiger partial charge is 0.281 e.